The van der Waals surface area contributed by atoms with Gasteiger partial charge in [-0.15, -0.1) is 0 Å². The first-order chi connectivity index (χ1) is 13.5. The van der Waals surface area contributed by atoms with Crippen LogP contribution in [0.4, 0.5) is 0 Å². The number of hydrogen-bond donors (Lipinski definition) is 1. The molecule has 1 aromatic heterocycles. The van der Waals surface area contributed by atoms with Crippen molar-refractivity contribution >= 4 is 5.91 Å². The van der Waals surface area contributed by atoms with Crippen LogP contribution in [0.25, 0.3) is 11.4 Å². The number of nitrogens with one attached hydrogen (secondary N) is 1. The van der Waals surface area contributed by atoms with E-state index >= 15 is 0 Å². The monoisotopic (exact) mass is 379 g/mol. The fourth-order valence-corrected chi connectivity index (χ4v) is 2.78. The van der Waals surface area contributed by atoms with Crippen LogP contribution in [0.5, 0.6) is 5.75 Å². The Morgan fingerprint density at radius 3 is 2.68 bits per heavy atom. The number of aryl methyl sites for hydroxylation is 3. The summed E-state index contributed by atoms with van der Waals surface area (Å²) in [5, 5.41) is 6.80. The van der Waals surface area contributed by atoms with Gasteiger partial charge in [0.15, 0.2) is 6.10 Å². The van der Waals surface area contributed by atoms with Crippen LogP contribution in [0.15, 0.2) is 47.0 Å². The van der Waals surface area contributed by atoms with Crippen molar-refractivity contribution in [1.29, 1.82) is 0 Å². The zero-order valence-electron chi connectivity index (χ0n) is 16.7. The molecule has 1 atom stereocenters. The average molecular weight is 379 g/mol. The standard InChI is InChI=1S/C22H25N3O3/c1-5-19(27-18-10-9-15(3)16(4)12-18)22(26)23-13-20-24-21(25-28-20)17-8-6-7-14(2)11-17/h6-12,19H,5,13H2,1-4H3,(H,23,26)/t19-/m0/s1. The van der Waals surface area contributed by atoms with Gasteiger partial charge in [0.25, 0.3) is 5.91 Å². The highest BCUT2D eigenvalue weighted by molar-refractivity contribution is 5.81. The molecule has 0 aliphatic rings. The van der Waals surface area contributed by atoms with E-state index in [4.69, 9.17) is 9.26 Å². The van der Waals surface area contributed by atoms with Gasteiger partial charge < -0.3 is 14.6 Å². The first kappa shape index (κ1) is 19.6. The van der Waals surface area contributed by atoms with Gasteiger partial charge >= 0.3 is 0 Å². The van der Waals surface area contributed by atoms with Gasteiger partial charge in [-0.25, -0.2) is 0 Å². The number of benzene rings is 2. The van der Waals surface area contributed by atoms with E-state index in [2.05, 4.69) is 15.5 Å². The second-order valence-electron chi connectivity index (χ2n) is 6.86. The maximum atomic E-state index is 12.5. The van der Waals surface area contributed by atoms with E-state index in [0.717, 1.165) is 16.7 Å². The van der Waals surface area contributed by atoms with Crippen LogP contribution in [0.3, 0.4) is 0 Å². The fourth-order valence-electron chi connectivity index (χ4n) is 2.78. The summed E-state index contributed by atoms with van der Waals surface area (Å²) in [5.74, 6) is 1.33. The number of nitrogens with zero attached hydrogens (tertiary/aromatic N) is 2. The summed E-state index contributed by atoms with van der Waals surface area (Å²) in [6.07, 6.45) is -0.0294. The van der Waals surface area contributed by atoms with Crippen molar-refractivity contribution < 1.29 is 14.1 Å². The Hall–Kier alpha value is -3.15. The number of aromatic nitrogens is 2. The molecule has 146 valence electrons. The molecular weight excluding hydrogens is 354 g/mol. The number of ether oxygens (including phenoxy) is 1. The molecule has 0 unspecified atom stereocenters. The maximum absolute atomic E-state index is 12.5. The lowest BCUT2D eigenvalue weighted by atomic mass is 10.1. The molecule has 1 N–H and O–H groups in total. The molecule has 0 aliphatic heterocycles. The number of amides is 1. The van der Waals surface area contributed by atoms with Crippen molar-refractivity contribution in [3.8, 4) is 17.1 Å². The van der Waals surface area contributed by atoms with Gasteiger partial charge in [-0.2, -0.15) is 4.98 Å². The molecule has 0 bridgehead atoms. The first-order valence-corrected chi connectivity index (χ1v) is 9.37. The molecule has 28 heavy (non-hydrogen) atoms. The van der Waals surface area contributed by atoms with E-state index in [1.807, 2.05) is 70.2 Å². The molecule has 0 saturated heterocycles. The van der Waals surface area contributed by atoms with Gasteiger partial charge in [-0.3, -0.25) is 4.79 Å². The van der Waals surface area contributed by atoms with E-state index < -0.39 is 6.10 Å². The van der Waals surface area contributed by atoms with Gasteiger partial charge in [0.2, 0.25) is 11.7 Å². The van der Waals surface area contributed by atoms with E-state index in [1.165, 1.54) is 5.56 Å². The third-order valence-electron chi connectivity index (χ3n) is 4.58. The Morgan fingerprint density at radius 2 is 1.96 bits per heavy atom. The number of carbonyl (C=O) groups is 1. The molecule has 0 aliphatic carbocycles. The minimum absolute atomic E-state index is 0.157. The summed E-state index contributed by atoms with van der Waals surface area (Å²) in [7, 11) is 0. The van der Waals surface area contributed by atoms with Crippen LogP contribution in [0.2, 0.25) is 0 Å². The lowest BCUT2D eigenvalue weighted by Gasteiger charge is -2.17. The highest BCUT2D eigenvalue weighted by Gasteiger charge is 2.19. The van der Waals surface area contributed by atoms with E-state index in [1.54, 1.807) is 0 Å². The molecule has 0 spiro atoms. The van der Waals surface area contributed by atoms with Crippen molar-refractivity contribution in [3.05, 3.63) is 65.0 Å². The predicted octanol–water partition coefficient (Wildman–Crippen LogP) is 4.14. The van der Waals surface area contributed by atoms with E-state index in [0.29, 0.717) is 23.9 Å². The molecule has 2 aromatic carbocycles. The summed E-state index contributed by atoms with van der Waals surface area (Å²) in [6, 6.07) is 13.7. The maximum Gasteiger partial charge on any atom is 0.261 e. The zero-order valence-corrected chi connectivity index (χ0v) is 16.7. The summed E-state index contributed by atoms with van der Waals surface area (Å²) in [6.45, 7) is 8.13. The fraction of sp³-hybridized carbons (Fsp3) is 0.318. The Bertz CT molecular complexity index is 965. The third kappa shape index (κ3) is 4.76. The lowest BCUT2D eigenvalue weighted by Crippen LogP contribution is -2.37. The highest BCUT2D eigenvalue weighted by Crippen LogP contribution is 2.19. The average Bonchev–Trinajstić information content (AvgIpc) is 3.16. The quantitative estimate of drug-likeness (QED) is 0.668. The largest absolute Gasteiger partial charge is 0.481 e. The van der Waals surface area contributed by atoms with Gasteiger partial charge in [0.1, 0.15) is 5.75 Å². The number of hydrogen-bond acceptors (Lipinski definition) is 5. The Labute approximate surface area is 164 Å². The van der Waals surface area contributed by atoms with Crippen LogP contribution in [0.1, 0.15) is 35.9 Å². The Morgan fingerprint density at radius 1 is 1.14 bits per heavy atom. The van der Waals surface area contributed by atoms with Crippen molar-refractivity contribution in [2.75, 3.05) is 0 Å². The van der Waals surface area contributed by atoms with E-state index in [-0.39, 0.29) is 12.5 Å². The van der Waals surface area contributed by atoms with Crippen molar-refractivity contribution in [1.82, 2.24) is 15.5 Å². The van der Waals surface area contributed by atoms with Crippen LogP contribution in [-0.4, -0.2) is 22.2 Å². The van der Waals surface area contributed by atoms with Gasteiger partial charge in [-0.05, 0) is 56.5 Å². The Balaban J connectivity index is 1.60. The zero-order chi connectivity index (χ0) is 20.1. The van der Waals surface area contributed by atoms with Crippen LogP contribution < -0.4 is 10.1 Å². The second kappa shape index (κ2) is 8.69. The normalized spacial score (nSPS) is 11.9. The predicted molar refractivity (Wildman–Crippen MR) is 107 cm³/mol. The molecule has 6 nitrogen and oxygen atoms in total. The van der Waals surface area contributed by atoms with Crippen molar-refractivity contribution in [2.24, 2.45) is 0 Å². The van der Waals surface area contributed by atoms with Crippen LogP contribution >= 0.6 is 0 Å². The molecule has 1 amide bonds. The summed E-state index contributed by atoms with van der Waals surface area (Å²) < 4.78 is 11.1. The van der Waals surface area contributed by atoms with Crippen LogP contribution in [-0.2, 0) is 11.3 Å². The summed E-state index contributed by atoms with van der Waals surface area (Å²) >= 11 is 0. The van der Waals surface area contributed by atoms with Gasteiger partial charge in [0.05, 0.1) is 6.54 Å². The molecule has 1 heterocycles. The minimum Gasteiger partial charge on any atom is -0.481 e. The molecule has 3 rings (SSSR count). The number of rotatable bonds is 7. The smallest absolute Gasteiger partial charge is 0.261 e. The van der Waals surface area contributed by atoms with Crippen LogP contribution in [0, 0.1) is 20.8 Å². The highest BCUT2D eigenvalue weighted by atomic mass is 16.5. The summed E-state index contributed by atoms with van der Waals surface area (Å²) in [5.41, 5.74) is 4.31. The number of carbonyl (C=O) groups excluding carboxylic acids is 1. The molecule has 0 saturated carbocycles. The van der Waals surface area contributed by atoms with Gasteiger partial charge in [0, 0.05) is 5.56 Å². The second-order valence-corrected chi connectivity index (χ2v) is 6.86. The molecule has 3 aromatic rings. The Kier molecular flexibility index (Phi) is 6.09. The molecule has 0 fully saturated rings. The van der Waals surface area contributed by atoms with Gasteiger partial charge in [-0.1, -0.05) is 41.9 Å². The molecule has 6 heteroatoms. The van der Waals surface area contributed by atoms with Crippen molar-refractivity contribution in [2.45, 2.75) is 46.8 Å². The third-order valence-corrected chi connectivity index (χ3v) is 4.58. The topological polar surface area (TPSA) is 77.2 Å². The lowest BCUT2D eigenvalue weighted by molar-refractivity contribution is -0.128. The molecular formula is C22H25N3O3. The van der Waals surface area contributed by atoms with E-state index in [9.17, 15) is 4.79 Å². The minimum atomic E-state index is -0.582. The molecule has 0 radical (unpaired) electrons. The van der Waals surface area contributed by atoms with Crippen molar-refractivity contribution in [3.63, 3.8) is 0 Å². The SMILES string of the molecule is CC[C@H](Oc1ccc(C)c(C)c1)C(=O)NCc1nc(-c2cccc(C)c2)no1. The summed E-state index contributed by atoms with van der Waals surface area (Å²) in [4.78, 5) is 16.9. The first-order valence-electron chi connectivity index (χ1n) is 9.37.